The van der Waals surface area contributed by atoms with Gasteiger partial charge in [0.05, 0.1) is 19.2 Å². The molecular formula is C11H16N7NaO7S. The van der Waals surface area contributed by atoms with Crippen LogP contribution >= 0.6 is 0 Å². The van der Waals surface area contributed by atoms with Crippen molar-refractivity contribution in [1.29, 1.82) is 0 Å². The van der Waals surface area contributed by atoms with Gasteiger partial charge in [0.2, 0.25) is 10.4 Å². The normalized spacial score (nSPS) is 21.9. The van der Waals surface area contributed by atoms with Gasteiger partial charge in [-0.2, -0.15) is 9.35 Å². The summed E-state index contributed by atoms with van der Waals surface area (Å²) in [6, 6.07) is -2.30. The minimum atomic E-state index is -5.07. The maximum atomic E-state index is 12.2. The Morgan fingerprint density at radius 1 is 1.41 bits per heavy atom. The van der Waals surface area contributed by atoms with Gasteiger partial charge in [0.1, 0.15) is 11.9 Å². The van der Waals surface area contributed by atoms with Crippen molar-refractivity contribution in [3.63, 3.8) is 0 Å². The zero-order valence-electron chi connectivity index (χ0n) is 14.6. The van der Waals surface area contributed by atoms with Gasteiger partial charge in [0.25, 0.3) is 5.91 Å². The largest absolute Gasteiger partial charge is 1.00 e. The molecule has 1 aromatic heterocycles. The number of fused-ring (bicyclic) bond motifs is 2. The first-order valence-corrected chi connectivity index (χ1v) is 8.99. The summed E-state index contributed by atoms with van der Waals surface area (Å²) in [6.45, 7) is 2.21. The second-order valence-electron chi connectivity index (χ2n) is 5.75. The molecule has 3 heterocycles. The van der Waals surface area contributed by atoms with Crippen molar-refractivity contribution in [2.45, 2.75) is 38.4 Å². The van der Waals surface area contributed by atoms with E-state index >= 15 is 0 Å². The van der Waals surface area contributed by atoms with Crippen LogP contribution in [0.4, 0.5) is 4.79 Å². The molecule has 0 spiro atoms. The molecule has 14 nitrogen and oxygen atoms in total. The molecule has 0 unspecified atom stereocenters. The first-order valence-electron chi connectivity index (χ1n) is 7.66. The van der Waals surface area contributed by atoms with E-state index in [-0.39, 0.29) is 49.1 Å². The van der Waals surface area contributed by atoms with Gasteiger partial charge < -0.3 is 9.45 Å². The third-order valence-electron chi connectivity index (χ3n) is 4.09. The summed E-state index contributed by atoms with van der Waals surface area (Å²) >= 11 is 0. The minimum Gasteiger partial charge on any atom is -0.724 e. The number of carbonyl (C=O) groups excluding carboxylic acids is 2. The van der Waals surface area contributed by atoms with Crippen molar-refractivity contribution < 1.29 is 61.2 Å². The van der Waals surface area contributed by atoms with Gasteiger partial charge in [-0.25, -0.2) is 23.4 Å². The summed E-state index contributed by atoms with van der Waals surface area (Å²) in [6.07, 6.45) is 0.580. The summed E-state index contributed by atoms with van der Waals surface area (Å²) in [5.74, 6) is 0.0337. The molecule has 2 atom stereocenters. The van der Waals surface area contributed by atoms with E-state index < -0.39 is 34.4 Å². The maximum Gasteiger partial charge on any atom is 1.00 e. The minimum absolute atomic E-state index is 0. The van der Waals surface area contributed by atoms with E-state index in [1.54, 1.807) is 6.92 Å². The van der Waals surface area contributed by atoms with Gasteiger partial charge >= 0.3 is 35.6 Å². The predicted molar refractivity (Wildman–Crippen MR) is 78.2 cm³/mol. The Hall–Kier alpha value is -1.36. The SMILES string of the molecule is Cc1nnnn1CCONC(=O)[C@@H]1CC[C@@H]2CN1C(=O)N2OS(=O)(=O)[O-].[Na+]. The Balaban J connectivity index is 0.00000261. The first-order chi connectivity index (χ1) is 12.3. The number of rotatable bonds is 7. The van der Waals surface area contributed by atoms with Crippen molar-refractivity contribution in [1.82, 2.24) is 35.7 Å². The Kier molecular flexibility index (Phi) is 7.12. The van der Waals surface area contributed by atoms with Crippen molar-refractivity contribution in [3.8, 4) is 0 Å². The van der Waals surface area contributed by atoms with E-state index in [4.69, 9.17) is 4.84 Å². The molecule has 144 valence electrons. The molecule has 2 aliphatic rings. The average Bonchev–Trinajstić information content (AvgIpc) is 3.08. The monoisotopic (exact) mass is 413 g/mol. The predicted octanol–water partition coefficient (Wildman–Crippen LogP) is -5.31. The van der Waals surface area contributed by atoms with Crippen LogP contribution in [0.3, 0.4) is 0 Å². The third kappa shape index (κ3) is 5.13. The van der Waals surface area contributed by atoms with Crippen LogP contribution in [0.15, 0.2) is 0 Å². The number of hydrogen-bond acceptors (Lipinski definition) is 10. The number of amides is 3. The molecular weight excluding hydrogens is 397 g/mol. The molecule has 27 heavy (non-hydrogen) atoms. The molecule has 3 amide bonds. The van der Waals surface area contributed by atoms with E-state index in [0.717, 1.165) is 4.90 Å². The van der Waals surface area contributed by atoms with E-state index in [0.29, 0.717) is 23.9 Å². The number of tetrazole rings is 1. The number of aromatic nitrogens is 4. The van der Waals surface area contributed by atoms with Crippen LogP contribution in [0.2, 0.25) is 0 Å². The third-order valence-corrected chi connectivity index (χ3v) is 4.43. The molecule has 16 heteroatoms. The first kappa shape index (κ1) is 21.9. The van der Waals surface area contributed by atoms with Crippen molar-refractivity contribution >= 4 is 22.3 Å². The molecule has 2 bridgehead atoms. The fourth-order valence-corrected chi connectivity index (χ4v) is 3.26. The number of piperidine rings is 1. The maximum absolute atomic E-state index is 12.2. The molecule has 2 aliphatic heterocycles. The fraction of sp³-hybridized carbons (Fsp3) is 0.727. The number of hydroxylamine groups is 3. The van der Waals surface area contributed by atoms with Crippen LogP contribution in [0.1, 0.15) is 18.7 Å². The smallest absolute Gasteiger partial charge is 0.724 e. The Labute approximate surface area is 176 Å². The van der Waals surface area contributed by atoms with E-state index in [9.17, 15) is 22.6 Å². The molecule has 0 radical (unpaired) electrons. The number of hydrogen-bond donors (Lipinski definition) is 1. The molecule has 1 N–H and O–H groups in total. The Morgan fingerprint density at radius 3 is 2.78 bits per heavy atom. The van der Waals surface area contributed by atoms with Gasteiger partial charge in [-0.05, 0) is 30.2 Å². The van der Waals surface area contributed by atoms with Crippen LogP contribution in [-0.2, 0) is 30.9 Å². The van der Waals surface area contributed by atoms with Crippen LogP contribution in [0.5, 0.6) is 0 Å². The number of urea groups is 1. The van der Waals surface area contributed by atoms with Gasteiger partial charge in [0.15, 0.2) is 0 Å². The molecule has 0 aromatic carbocycles. The summed E-state index contributed by atoms with van der Waals surface area (Å²) in [5, 5.41) is 11.4. The molecule has 2 fully saturated rings. The molecule has 3 rings (SSSR count). The van der Waals surface area contributed by atoms with Crippen LogP contribution in [0, 0.1) is 6.92 Å². The number of nitrogens with one attached hydrogen (secondary N) is 1. The van der Waals surface area contributed by atoms with Crippen LogP contribution < -0.4 is 35.0 Å². The second-order valence-corrected chi connectivity index (χ2v) is 6.72. The second kappa shape index (κ2) is 8.76. The number of carbonyl (C=O) groups is 2. The van der Waals surface area contributed by atoms with E-state index in [1.165, 1.54) is 4.68 Å². The van der Waals surface area contributed by atoms with Crippen molar-refractivity contribution in [2.75, 3.05) is 13.2 Å². The molecule has 0 aliphatic carbocycles. The Bertz CT molecular complexity index is 803. The van der Waals surface area contributed by atoms with E-state index in [1.807, 2.05) is 0 Å². The van der Waals surface area contributed by atoms with Gasteiger partial charge in [-0.1, -0.05) is 0 Å². The van der Waals surface area contributed by atoms with Crippen LogP contribution in [0.25, 0.3) is 0 Å². The van der Waals surface area contributed by atoms with E-state index in [2.05, 4.69) is 25.3 Å². The van der Waals surface area contributed by atoms with Crippen LogP contribution in [-0.4, -0.2) is 80.3 Å². The molecule has 1 aromatic rings. The zero-order chi connectivity index (χ0) is 18.9. The summed E-state index contributed by atoms with van der Waals surface area (Å²) in [4.78, 5) is 30.6. The molecule has 2 saturated heterocycles. The summed E-state index contributed by atoms with van der Waals surface area (Å²) in [7, 11) is -5.07. The average molecular weight is 413 g/mol. The fourth-order valence-electron chi connectivity index (χ4n) is 2.88. The number of nitrogens with zero attached hydrogens (tertiary/aromatic N) is 6. The standard InChI is InChI=1S/C11H17N7O7S.Na/c1-7-12-14-15-17(7)4-5-24-13-10(19)9-3-2-8-6-16(9)11(20)18(8)25-26(21,22)23;/h8-9H,2-6H2,1H3,(H,13,19)(H,21,22,23);/q;+1/p-1/t8-,9+;/m1./s1. The summed E-state index contributed by atoms with van der Waals surface area (Å²) < 4.78 is 37.8. The quantitative estimate of drug-likeness (QED) is 0.150. The van der Waals surface area contributed by atoms with Gasteiger partial charge in [-0.3, -0.25) is 9.63 Å². The zero-order valence-corrected chi connectivity index (χ0v) is 17.5. The number of aryl methyl sites for hydroxylation is 1. The van der Waals surface area contributed by atoms with Crippen molar-refractivity contribution in [3.05, 3.63) is 5.82 Å². The summed E-state index contributed by atoms with van der Waals surface area (Å²) in [5.41, 5.74) is 2.25. The Morgan fingerprint density at radius 2 is 2.15 bits per heavy atom. The van der Waals surface area contributed by atoms with Gasteiger partial charge in [0, 0.05) is 6.54 Å². The van der Waals surface area contributed by atoms with Gasteiger partial charge in [-0.15, -0.1) is 5.10 Å². The van der Waals surface area contributed by atoms with Crippen molar-refractivity contribution in [2.24, 2.45) is 0 Å². The topological polar surface area (TPSA) is 172 Å². The molecule has 0 saturated carbocycles.